The summed E-state index contributed by atoms with van der Waals surface area (Å²) < 4.78 is 35.5. The maximum Gasteiger partial charge on any atom is 0.394 e. The van der Waals surface area contributed by atoms with E-state index in [4.69, 9.17) is 0 Å². The van der Waals surface area contributed by atoms with Crippen LogP contribution in [0.1, 0.15) is 16.2 Å². The van der Waals surface area contributed by atoms with Crippen LogP contribution in [0.5, 0.6) is 0 Å². The first kappa shape index (κ1) is 9.70. The third-order valence-corrected chi connectivity index (χ3v) is 1.33. The third kappa shape index (κ3) is 3.23. The van der Waals surface area contributed by atoms with Gasteiger partial charge in [0.05, 0.1) is 12.1 Å². The molecule has 0 unspecified atom stereocenters. The van der Waals surface area contributed by atoms with Gasteiger partial charge in [-0.2, -0.15) is 13.2 Å². The Balaban J connectivity index is 2.84. The highest BCUT2D eigenvalue weighted by Gasteiger charge is 2.28. The average molecular weight is 189 g/mol. The van der Waals surface area contributed by atoms with Gasteiger partial charge in [-0.25, -0.2) is 4.98 Å². The standard InChI is InChI=1S/C8H6F3NO/c9-8(10,11)4-6-2-1-3-7(5-13)12-6/h1-3,5H,4H2. The SMILES string of the molecule is O=Cc1cccc(CC(F)(F)F)n1. The molecule has 0 bridgehead atoms. The summed E-state index contributed by atoms with van der Waals surface area (Å²) in [5.41, 5.74) is -0.126. The lowest BCUT2D eigenvalue weighted by Gasteiger charge is -2.04. The van der Waals surface area contributed by atoms with Gasteiger partial charge in [-0.1, -0.05) is 6.07 Å². The summed E-state index contributed by atoms with van der Waals surface area (Å²) in [6.45, 7) is 0. The van der Waals surface area contributed by atoms with Crippen molar-refractivity contribution >= 4 is 6.29 Å². The van der Waals surface area contributed by atoms with Crippen molar-refractivity contribution in [1.29, 1.82) is 0 Å². The molecule has 0 aliphatic heterocycles. The second kappa shape index (κ2) is 3.55. The quantitative estimate of drug-likeness (QED) is 0.666. The topological polar surface area (TPSA) is 30.0 Å². The molecule has 1 rings (SSSR count). The minimum absolute atomic E-state index is 0.0155. The maximum absolute atomic E-state index is 11.8. The monoisotopic (exact) mass is 189 g/mol. The third-order valence-electron chi connectivity index (χ3n) is 1.33. The smallest absolute Gasteiger partial charge is 0.296 e. The Labute approximate surface area is 72.4 Å². The molecule has 1 heterocycles. The Morgan fingerprint density at radius 2 is 2.08 bits per heavy atom. The summed E-state index contributed by atoms with van der Waals surface area (Å²) in [6, 6.07) is 3.96. The van der Waals surface area contributed by atoms with E-state index in [1.54, 1.807) is 0 Å². The predicted molar refractivity (Wildman–Crippen MR) is 39.4 cm³/mol. The molecule has 0 spiro atoms. The van der Waals surface area contributed by atoms with E-state index in [0.29, 0.717) is 6.29 Å². The Morgan fingerprint density at radius 3 is 2.62 bits per heavy atom. The first-order chi connectivity index (χ1) is 6.01. The molecule has 70 valence electrons. The number of hydrogen-bond acceptors (Lipinski definition) is 2. The van der Waals surface area contributed by atoms with Gasteiger partial charge in [0.15, 0.2) is 6.29 Å². The number of carbonyl (C=O) groups is 1. The summed E-state index contributed by atoms with van der Waals surface area (Å²) in [4.78, 5) is 13.7. The van der Waals surface area contributed by atoms with Crippen LogP contribution in [-0.2, 0) is 6.42 Å². The van der Waals surface area contributed by atoms with Gasteiger partial charge < -0.3 is 0 Å². The first-order valence-corrected chi connectivity index (χ1v) is 3.49. The molecule has 0 atom stereocenters. The van der Waals surface area contributed by atoms with Crippen LogP contribution in [0.2, 0.25) is 0 Å². The maximum atomic E-state index is 11.8. The number of pyridine rings is 1. The zero-order valence-corrected chi connectivity index (χ0v) is 6.51. The van der Waals surface area contributed by atoms with E-state index in [2.05, 4.69) is 4.98 Å². The van der Waals surface area contributed by atoms with Crippen molar-refractivity contribution in [2.75, 3.05) is 0 Å². The number of hydrogen-bond donors (Lipinski definition) is 0. The van der Waals surface area contributed by atoms with E-state index >= 15 is 0 Å². The largest absolute Gasteiger partial charge is 0.394 e. The van der Waals surface area contributed by atoms with Crippen LogP contribution in [0, 0.1) is 0 Å². The van der Waals surface area contributed by atoms with E-state index in [9.17, 15) is 18.0 Å². The van der Waals surface area contributed by atoms with Gasteiger partial charge in [0.2, 0.25) is 0 Å². The molecule has 1 aromatic heterocycles. The summed E-state index contributed by atoms with van der Waals surface area (Å²) in [5, 5.41) is 0. The number of nitrogens with zero attached hydrogens (tertiary/aromatic N) is 1. The van der Waals surface area contributed by atoms with Crippen molar-refractivity contribution in [2.24, 2.45) is 0 Å². The molecule has 0 aliphatic carbocycles. The van der Waals surface area contributed by atoms with Crippen LogP contribution in [0.4, 0.5) is 13.2 Å². The fraction of sp³-hybridized carbons (Fsp3) is 0.250. The zero-order chi connectivity index (χ0) is 9.90. The lowest BCUT2D eigenvalue weighted by molar-refractivity contribution is -0.127. The molecule has 0 saturated carbocycles. The van der Waals surface area contributed by atoms with Crippen molar-refractivity contribution in [3.63, 3.8) is 0 Å². The molecule has 0 radical (unpaired) electrons. The van der Waals surface area contributed by atoms with Gasteiger partial charge >= 0.3 is 6.18 Å². The Bertz CT molecular complexity index is 309. The van der Waals surface area contributed by atoms with Crippen molar-refractivity contribution in [2.45, 2.75) is 12.6 Å². The predicted octanol–water partition coefficient (Wildman–Crippen LogP) is 2.00. The minimum atomic E-state index is -4.28. The van der Waals surface area contributed by atoms with Crippen molar-refractivity contribution in [3.8, 4) is 0 Å². The number of alkyl halides is 3. The molecule has 0 N–H and O–H groups in total. The molecular formula is C8H6F3NO. The molecule has 1 aromatic rings. The van der Waals surface area contributed by atoms with Crippen LogP contribution in [-0.4, -0.2) is 17.4 Å². The van der Waals surface area contributed by atoms with E-state index in [1.807, 2.05) is 0 Å². The summed E-state index contributed by atoms with van der Waals surface area (Å²) >= 11 is 0. The summed E-state index contributed by atoms with van der Waals surface area (Å²) in [6.07, 6.45) is -4.97. The van der Waals surface area contributed by atoms with Gasteiger partial charge in [0, 0.05) is 0 Å². The van der Waals surface area contributed by atoms with Crippen LogP contribution < -0.4 is 0 Å². The fourth-order valence-corrected chi connectivity index (χ4v) is 0.868. The first-order valence-electron chi connectivity index (χ1n) is 3.49. The van der Waals surface area contributed by atoms with Gasteiger partial charge in [-0.15, -0.1) is 0 Å². The van der Waals surface area contributed by atoms with E-state index in [1.165, 1.54) is 18.2 Å². The Kier molecular flexibility index (Phi) is 2.65. The van der Waals surface area contributed by atoms with E-state index < -0.39 is 12.6 Å². The second-order valence-corrected chi connectivity index (χ2v) is 2.46. The van der Waals surface area contributed by atoms with Crippen molar-refractivity contribution in [3.05, 3.63) is 29.6 Å². The highest BCUT2D eigenvalue weighted by Crippen LogP contribution is 2.19. The lowest BCUT2D eigenvalue weighted by atomic mass is 10.2. The lowest BCUT2D eigenvalue weighted by Crippen LogP contribution is -2.13. The molecule has 0 fully saturated rings. The van der Waals surface area contributed by atoms with Crippen molar-refractivity contribution in [1.82, 2.24) is 4.98 Å². The van der Waals surface area contributed by atoms with Gasteiger partial charge in [-0.3, -0.25) is 4.79 Å². The Hall–Kier alpha value is -1.39. The fourth-order valence-electron chi connectivity index (χ4n) is 0.868. The van der Waals surface area contributed by atoms with Gasteiger partial charge in [-0.05, 0) is 12.1 Å². The summed E-state index contributed by atoms with van der Waals surface area (Å²) in [5.74, 6) is 0. The van der Waals surface area contributed by atoms with E-state index in [-0.39, 0.29) is 11.4 Å². The number of carbonyl (C=O) groups excluding carboxylic acids is 1. The highest BCUT2D eigenvalue weighted by molar-refractivity contribution is 5.71. The van der Waals surface area contributed by atoms with Crippen molar-refractivity contribution < 1.29 is 18.0 Å². The van der Waals surface area contributed by atoms with Crippen LogP contribution in [0.15, 0.2) is 18.2 Å². The van der Waals surface area contributed by atoms with Gasteiger partial charge in [0.1, 0.15) is 5.69 Å². The number of aromatic nitrogens is 1. The molecular weight excluding hydrogens is 183 g/mol. The molecule has 0 aliphatic rings. The highest BCUT2D eigenvalue weighted by atomic mass is 19.4. The summed E-state index contributed by atoms with van der Waals surface area (Å²) in [7, 11) is 0. The van der Waals surface area contributed by atoms with Gasteiger partial charge in [0.25, 0.3) is 0 Å². The normalized spacial score (nSPS) is 11.3. The average Bonchev–Trinajstić information content (AvgIpc) is 2.01. The van der Waals surface area contributed by atoms with E-state index in [0.717, 1.165) is 0 Å². The number of rotatable bonds is 2. The number of halogens is 3. The molecule has 0 amide bonds. The zero-order valence-electron chi connectivity index (χ0n) is 6.51. The second-order valence-electron chi connectivity index (χ2n) is 2.46. The molecule has 0 saturated heterocycles. The molecule has 13 heavy (non-hydrogen) atoms. The molecule has 0 aromatic carbocycles. The minimum Gasteiger partial charge on any atom is -0.296 e. The number of aldehydes is 1. The van der Waals surface area contributed by atoms with Crippen LogP contribution >= 0.6 is 0 Å². The van der Waals surface area contributed by atoms with Crippen LogP contribution in [0.3, 0.4) is 0 Å². The molecule has 2 nitrogen and oxygen atoms in total. The van der Waals surface area contributed by atoms with Crippen LogP contribution in [0.25, 0.3) is 0 Å². The molecule has 5 heteroatoms. The Morgan fingerprint density at radius 1 is 1.38 bits per heavy atom.